The van der Waals surface area contributed by atoms with Crippen molar-refractivity contribution >= 4 is 0 Å². The van der Waals surface area contributed by atoms with Crippen LogP contribution in [0.15, 0.2) is 42.0 Å². The summed E-state index contributed by atoms with van der Waals surface area (Å²) < 4.78 is 11.2. The molecule has 0 spiro atoms. The van der Waals surface area contributed by atoms with Gasteiger partial charge in [-0.25, -0.2) is 0 Å². The lowest BCUT2D eigenvalue weighted by molar-refractivity contribution is -0.0113. The van der Waals surface area contributed by atoms with Crippen LogP contribution in [-0.4, -0.2) is 67.9 Å². The van der Waals surface area contributed by atoms with Crippen LogP contribution in [0.3, 0.4) is 0 Å². The van der Waals surface area contributed by atoms with E-state index in [1.54, 1.807) is 0 Å². The molecular weight excluding hydrogens is 312 g/mol. The molecule has 1 aromatic rings. The van der Waals surface area contributed by atoms with Crippen LogP contribution in [0.2, 0.25) is 0 Å². The molecule has 0 amide bonds. The van der Waals surface area contributed by atoms with E-state index < -0.39 is 0 Å². The lowest BCUT2D eigenvalue weighted by Crippen LogP contribution is -2.53. The van der Waals surface area contributed by atoms with E-state index in [2.05, 4.69) is 67.0 Å². The summed E-state index contributed by atoms with van der Waals surface area (Å²) in [6, 6.07) is 11.2. The molecular formula is C21H32N2O2. The third-order valence-corrected chi connectivity index (χ3v) is 5.64. The predicted octanol–water partition coefficient (Wildman–Crippen LogP) is 3.12. The minimum absolute atomic E-state index is 0.00264. The third kappa shape index (κ3) is 4.14. The van der Waals surface area contributed by atoms with Crippen LogP contribution in [0.5, 0.6) is 0 Å². The Morgan fingerprint density at radius 2 is 1.52 bits per heavy atom. The number of morpholine rings is 2. The van der Waals surface area contributed by atoms with Crippen LogP contribution in [-0.2, 0) is 9.47 Å². The zero-order valence-corrected chi connectivity index (χ0v) is 15.9. The topological polar surface area (TPSA) is 24.9 Å². The molecule has 138 valence electrons. The van der Waals surface area contributed by atoms with Gasteiger partial charge >= 0.3 is 0 Å². The molecule has 2 aliphatic heterocycles. The highest BCUT2D eigenvalue weighted by Gasteiger charge is 2.38. The van der Waals surface area contributed by atoms with Crippen molar-refractivity contribution in [2.24, 2.45) is 0 Å². The second-order valence-electron chi connectivity index (χ2n) is 7.36. The van der Waals surface area contributed by atoms with Crippen molar-refractivity contribution < 1.29 is 9.47 Å². The summed E-state index contributed by atoms with van der Waals surface area (Å²) in [6.07, 6.45) is 2.34. The van der Waals surface area contributed by atoms with Crippen LogP contribution in [0.25, 0.3) is 0 Å². The van der Waals surface area contributed by atoms with E-state index in [4.69, 9.17) is 9.47 Å². The molecule has 25 heavy (non-hydrogen) atoms. The van der Waals surface area contributed by atoms with Crippen LogP contribution in [0.1, 0.15) is 32.4 Å². The van der Waals surface area contributed by atoms with Gasteiger partial charge in [0.1, 0.15) is 0 Å². The molecule has 4 nitrogen and oxygen atoms in total. The molecule has 3 rings (SSSR count). The minimum atomic E-state index is -0.00264. The molecule has 1 atom stereocenters. The molecule has 0 aromatic heterocycles. The molecule has 0 radical (unpaired) electrons. The first kappa shape index (κ1) is 18.6. The minimum Gasteiger partial charge on any atom is -0.379 e. The van der Waals surface area contributed by atoms with E-state index in [1.165, 1.54) is 11.1 Å². The van der Waals surface area contributed by atoms with E-state index in [0.717, 1.165) is 52.6 Å². The number of nitrogens with zero attached hydrogens (tertiary/aromatic N) is 2. The van der Waals surface area contributed by atoms with Crippen molar-refractivity contribution in [3.63, 3.8) is 0 Å². The Labute approximate surface area is 152 Å². The first-order chi connectivity index (χ1) is 12.1. The second kappa shape index (κ2) is 8.45. The van der Waals surface area contributed by atoms with Crippen molar-refractivity contribution in [3.05, 3.63) is 47.5 Å². The lowest BCUT2D eigenvalue weighted by Gasteiger charge is -2.47. The van der Waals surface area contributed by atoms with Gasteiger partial charge in [0.25, 0.3) is 0 Å². The molecule has 2 heterocycles. The zero-order valence-electron chi connectivity index (χ0n) is 15.9. The fourth-order valence-electron chi connectivity index (χ4n) is 4.21. The Kier molecular flexibility index (Phi) is 6.29. The van der Waals surface area contributed by atoms with Crippen LogP contribution in [0.4, 0.5) is 0 Å². The lowest BCUT2D eigenvalue weighted by atomic mass is 9.82. The third-order valence-electron chi connectivity index (χ3n) is 5.64. The van der Waals surface area contributed by atoms with Crippen molar-refractivity contribution in [1.82, 2.24) is 9.80 Å². The molecule has 2 saturated heterocycles. The standard InChI is InChI=1S/C21H32N2O2/c1-4-19(21(2,3)23-12-16-25-17-13-23)20(18-8-6-5-7-9-18)22-10-14-24-15-11-22/h4-9,20H,10-17H2,1-3H3/b19-4-. The van der Waals surface area contributed by atoms with Crippen molar-refractivity contribution in [2.45, 2.75) is 32.4 Å². The van der Waals surface area contributed by atoms with E-state index in [1.807, 2.05) is 0 Å². The zero-order chi connectivity index (χ0) is 17.7. The monoisotopic (exact) mass is 344 g/mol. The van der Waals surface area contributed by atoms with Gasteiger partial charge < -0.3 is 9.47 Å². The highest BCUT2D eigenvalue weighted by atomic mass is 16.5. The Morgan fingerprint density at radius 3 is 2.08 bits per heavy atom. The van der Waals surface area contributed by atoms with E-state index in [9.17, 15) is 0 Å². The molecule has 2 fully saturated rings. The van der Waals surface area contributed by atoms with Crippen LogP contribution in [0, 0.1) is 0 Å². The second-order valence-corrected chi connectivity index (χ2v) is 7.36. The molecule has 0 saturated carbocycles. The van der Waals surface area contributed by atoms with Gasteiger partial charge in [-0.05, 0) is 31.9 Å². The first-order valence-electron chi connectivity index (χ1n) is 9.51. The number of ether oxygens (including phenoxy) is 2. The molecule has 0 aliphatic carbocycles. The largest absolute Gasteiger partial charge is 0.379 e. The number of rotatable bonds is 5. The average Bonchev–Trinajstić information content (AvgIpc) is 2.68. The highest BCUT2D eigenvalue weighted by molar-refractivity contribution is 5.34. The van der Waals surface area contributed by atoms with Gasteiger partial charge in [0.05, 0.1) is 32.5 Å². The molecule has 0 bridgehead atoms. The SMILES string of the molecule is C/C=C(/C(c1ccccc1)N1CCOCC1)C(C)(C)N1CCOCC1. The van der Waals surface area contributed by atoms with E-state index in [-0.39, 0.29) is 5.54 Å². The van der Waals surface area contributed by atoms with Crippen LogP contribution < -0.4 is 0 Å². The van der Waals surface area contributed by atoms with Gasteiger partial charge in [-0.15, -0.1) is 0 Å². The number of hydrogen-bond donors (Lipinski definition) is 0. The summed E-state index contributed by atoms with van der Waals surface area (Å²) in [6.45, 7) is 14.2. The molecule has 0 N–H and O–H groups in total. The summed E-state index contributed by atoms with van der Waals surface area (Å²) in [7, 11) is 0. The molecule has 4 heteroatoms. The fourth-order valence-corrected chi connectivity index (χ4v) is 4.21. The van der Waals surface area contributed by atoms with Gasteiger partial charge in [-0.2, -0.15) is 0 Å². The summed E-state index contributed by atoms with van der Waals surface area (Å²) in [5.41, 5.74) is 2.85. The summed E-state index contributed by atoms with van der Waals surface area (Å²) >= 11 is 0. The van der Waals surface area contributed by atoms with Crippen LogP contribution >= 0.6 is 0 Å². The number of hydrogen-bond acceptors (Lipinski definition) is 4. The maximum atomic E-state index is 5.61. The quantitative estimate of drug-likeness (QED) is 0.766. The van der Waals surface area contributed by atoms with Gasteiger partial charge in [-0.3, -0.25) is 9.80 Å². The summed E-state index contributed by atoms with van der Waals surface area (Å²) in [5, 5.41) is 0. The van der Waals surface area contributed by atoms with Crippen molar-refractivity contribution in [2.75, 3.05) is 52.6 Å². The maximum Gasteiger partial charge on any atom is 0.0594 e. The Bertz CT molecular complexity index is 559. The normalized spacial score (nSPS) is 22.8. The summed E-state index contributed by atoms with van der Waals surface area (Å²) in [5.74, 6) is 0. The van der Waals surface area contributed by atoms with Gasteiger partial charge in [-0.1, -0.05) is 36.4 Å². The molecule has 2 aliphatic rings. The Morgan fingerprint density at radius 1 is 0.960 bits per heavy atom. The Hall–Kier alpha value is -1.20. The van der Waals surface area contributed by atoms with Gasteiger partial charge in [0.15, 0.2) is 0 Å². The smallest absolute Gasteiger partial charge is 0.0594 e. The first-order valence-corrected chi connectivity index (χ1v) is 9.51. The van der Waals surface area contributed by atoms with Crippen molar-refractivity contribution in [1.29, 1.82) is 0 Å². The average molecular weight is 344 g/mol. The summed E-state index contributed by atoms with van der Waals surface area (Å²) in [4.78, 5) is 5.15. The van der Waals surface area contributed by atoms with Gasteiger partial charge in [0.2, 0.25) is 0 Å². The number of benzene rings is 1. The number of allylic oxidation sites excluding steroid dienone is 1. The van der Waals surface area contributed by atoms with Gasteiger partial charge in [0, 0.05) is 31.7 Å². The fraction of sp³-hybridized carbons (Fsp3) is 0.619. The maximum absolute atomic E-state index is 5.61. The van der Waals surface area contributed by atoms with E-state index in [0.29, 0.717) is 6.04 Å². The Balaban J connectivity index is 1.94. The molecule has 1 aromatic carbocycles. The van der Waals surface area contributed by atoms with E-state index >= 15 is 0 Å². The highest BCUT2D eigenvalue weighted by Crippen LogP contribution is 2.38. The predicted molar refractivity (Wildman–Crippen MR) is 102 cm³/mol. The molecule has 1 unspecified atom stereocenters. The van der Waals surface area contributed by atoms with Crippen molar-refractivity contribution in [3.8, 4) is 0 Å².